The molecule has 1 aliphatic rings. The standard InChI is InChI=1S/C16H22FNO2/c1-12(19)15-7-6-14(11-16(15)17)20-10-8-13-5-3-4-9-18(13)2/h6-7,11,13H,3-5,8-10H2,1-2H3. The molecule has 1 unspecified atom stereocenters. The lowest BCUT2D eigenvalue weighted by molar-refractivity contribution is 0.101. The van der Waals surface area contributed by atoms with Gasteiger partial charge in [-0.25, -0.2) is 4.39 Å². The van der Waals surface area contributed by atoms with Crippen molar-refractivity contribution in [2.24, 2.45) is 0 Å². The molecule has 0 radical (unpaired) electrons. The van der Waals surface area contributed by atoms with E-state index in [1.807, 2.05) is 0 Å². The van der Waals surface area contributed by atoms with Crippen LogP contribution in [-0.2, 0) is 0 Å². The predicted octanol–water partition coefficient (Wildman–Crippen LogP) is 3.28. The minimum Gasteiger partial charge on any atom is -0.493 e. The topological polar surface area (TPSA) is 29.5 Å². The van der Waals surface area contributed by atoms with Gasteiger partial charge in [-0.1, -0.05) is 6.42 Å². The molecule has 1 aromatic carbocycles. The molecular weight excluding hydrogens is 257 g/mol. The number of carbonyl (C=O) groups is 1. The Labute approximate surface area is 119 Å². The zero-order valence-electron chi connectivity index (χ0n) is 12.2. The van der Waals surface area contributed by atoms with E-state index in [4.69, 9.17) is 4.74 Å². The van der Waals surface area contributed by atoms with Crippen LogP contribution in [0.25, 0.3) is 0 Å². The highest BCUT2D eigenvalue weighted by Gasteiger charge is 2.18. The smallest absolute Gasteiger partial charge is 0.162 e. The minimum atomic E-state index is -0.509. The Kier molecular flexibility index (Phi) is 5.12. The maximum absolute atomic E-state index is 13.6. The molecule has 1 atom stereocenters. The van der Waals surface area contributed by atoms with Crippen LogP contribution >= 0.6 is 0 Å². The summed E-state index contributed by atoms with van der Waals surface area (Å²) < 4.78 is 19.2. The van der Waals surface area contributed by atoms with E-state index in [0.717, 1.165) is 13.0 Å². The minimum absolute atomic E-state index is 0.115. The molecule has 4 heteroatoms. The number of carbonyl (C=O) groups excluding carboxylic acids is 1. The third-order valence-electron chi connectivity index (χ3n) is 3.96. The lowest BCUT2D eigenvalue weighted by atomic mass is 10.0. The lowest BCUT2D eigenvalue weighted by Crippen LogP contribution is -2.37. The van der Waals surface area contributed by atoms with Crippen LogP contribution in [0.5, 0.6) is 5.75 Å². The number of piperidine rings is 1. The first-order chi connectivity index (χ1) is 9.58. The van der Waals surface area contributed by atoms with Crippen LogP contribution in [0.4, 0.5) is 4.39 Å². The Balaban J connectivity index is 1.85. The van der Waals surface area contributed by atoms with Crippen molar-refractivity contribution in [1.82, 2.24) is 4.90 Å². The monoisotopic (exact) mass is 279 g/mol. The maximum Gasteiger partial charge on any atom is 0.162 e. The second-order valence-electron chi connectivity index (χ2n) is 5.47. The molecule has 0 amide bonds. The van der Waals surface area contributed by atoms with Crippen molar-refractivity contribution in [3.63, 3.8) is 0 Å². The van der Waals surface area contributed by atoms with Gasteiger partial charge in [0.1, 0.15) is 11.6 Å². The van der Waals surface area contributed by atoms with Crippen molar-refractivity contribution in [2.45, 2.75) is 38.6 Å². The molecule has 110 valence electrons. The van der Waals surface area contributed by atoms with Crippen molar-refractivity contribution < 1.29 is 13.9 Å². The average molecular weight is 279 g/mol. The number of nitrogens with zero attached hydrogens (tertiary/aromatic N) is 1. The third-order valence-corrected chi connectivity index (χ3v) is 3.96. The molecule has 1 fully saturated rings. The molecule has 20 heavy (non-hydrogen) atoms. The molecule has 3 nitrogen and oxygen atoms in total. The molecule has 0 aromatic heterocycles. The Bertz CT molecular complexity index is 476. The van der Waals surface area contributed by atoms with Crippen LogP contribution in [-0.4, -0.2) is 36.9 Å². The summed E-state index contributed by atoms with van der Waals surface area (Å²) in [5.74, 6) is -0.284. The second-order valence-corrected chi connectivity index (χ2v) is 5.47. The Morgan fingerprint density at radius 3 is 2.90 bits per heavy atom. The van der Waals surface area contributed by atoms with Gasteiger partial charge in [0.25, 0.3) is 0 Å². The highest BCUT2D eigenvalue weighted by molar-refractivity contribution is 5.94. The number of ether oxygens (including phenoxy) is 1. The fraction of sp³-hybridized carbons (Fsp3) is 0.562. The van der Waals surface area contributed by atoms with Crippen LogP contribution in [0.1, 0.15) is 43.0 Å². The molecule has 0 bridgehead atoms. The van der Waals surface area contributed by atoms with Gasteiger partial charge in [-0.2, -0.15) is 0 Å². The van der Waals surface area contributed by atoms with E-state index in [1.54, 1.807) is 6.07 Å². The molecule has 1 aromatic rings. The van der Waals surface area contributed by atoms with Gasteiger partial charge in [0.15, 0.2) is 5.78 Å². The number of rotatable bonds is 5. The van der Waals surface area contributed by atoms with E-state index < -0.39 is 5.82 Å². The van der Waals surface area contributed by atoms with Crippen molar-refractivity contribution in [1.29, 1.82) is 0 Å². The zero-order valence-corrected chi connectivity index (χ0v) is 12.2. The summed E-state index contributed by atoms with van der Waals surface area (Å²) in [4.78, 5) is 13.5. The summed E-state index contributed by atoms with van der Waals surface area (Å²) in [7, 11) is 2.14. The summed E-state index contributed by atoms with van der Waals surface area (Å²) in [5.41, 5.74) is 0.115. The molecule has 0 aliphatic carbocycles. The SMILES string of the molecule is CC(=O)c1ccc(OCCC2CCCCN2C)cc1F. The first-order valence-electron chi connectivity index (χ1n) is 7.21. The van der Waals surface area contributed by atoms with Crippen molar-refractivity contribution in [3.05, 3.63) is 29.6 Å². The first kappa shape index (κ1) is 15.0. The van der Waals surface area contributed by atoms with Gasteiger partial charge in [-0.15, -0.1) is 0 Å². The highest BCUT2D eigenvalue weighted by atomic mass is 19.1. The number of likely N-dealkylation sites (tertiary alicyclic amines) is 1. The van der Waals surface area contributed by atoms with Gasteiger partial charge in [-0.05, 0) is 51.9 Å². The normalized spacial score (nSPS) is 19.9. The number of Topliss-reactive ketones (excluding diaryl/α,β-unsaturated/α-hetero) is 1. The van der Waals surface area contributed by atoms with E-state index in [2.05, 4.69) is 11.9 Å². The maximum atomic E-state index is 13.6. The van der Waals surface area contributed by atoms with Crippen LogP contribution in [0.3, 0.4) is 0 Å². The summed E-state index contributed by atoms with van der Waals surface area (Å²) >= 11 is 0. The van der Waals surface area contributed by atoms with Crippen molar-refractivity contribution >= 4 is 5.78 Å². The fourth-order valence-corrected chi connectivity index (χ4v) is 2.69. The predicted molar refractivity (Wildman–Crippen MR) is 76.8 cm³/mol. The molecule has 1 heterocycles. The number of ketones is 1. The number of halogens is 1. The van der Waals surface area contributed by atoms with Gasteiger partial charge in [0.05, 0.1) is 12.2 Å². The van der Waals surface area contributed by atoms with Gasteiger partial charge >= 0.3 is 0 Å². The molecule has 2 rings (SSSR count). The van der Waals surface area contributed by atoms with E-state index >= 15 is 0 Å². The van der Waals surface area contributed by atoms with E-state index in [1.165, 1.54) is 38.3 Å². The van der Waals surface area contributed by atoms with E-state index in [-0.39, 0.29) is 11.3 Å². The summed E-state index contributed by atoms with van der Waals surface area (Å²) in [6, 6.07) is 5.00. The summed E-state index contributed by atoms with van der Waals surface area (Å²) in [6.45, 7) is 3.08. The van der Waals surface area contributed by atoms with Crippen LogP contribution < -0.4 is 4.74 Å². The van der Waals surface area contributed by atoms with E-state index in [9.17, 15) is 9.18 Å². The van der Waals surface area contributed by atoms with Gasteiger partial charge in [0.2, 0.25) is 0 Å². The molecule has 1 saturated heterocycles. The molecule has 0 N–H and O–H groups in total. The second kappa shape index (κ2) is 6.84. The Hall–Kier alpha value is -1.42. The van der Waals surface area contributed by atoms with Gasteiger partial charge in [0, 0.05) is 12.1 Å². The van der Waals surface area contributed by atoms with Gasteiger partial charge < -0.3 is 9.64 Å². The Morgan fingerprint density at radius 2 is 2.25 bits per heavy atom. The average Bonchev–Trinajstić information content (AvgIpc) is 2.40. The molecule has 1 aliphatic heterocycles. The Morgan fingerprint density at radius 1 is 1.45 bits per heavy atom. The van der Waals surface area contributed by atoms with Crippen LogP contribution in [0.15, 0.2) is 18.2 Å². The van der Waals surface area contributed by atoms with Crippen LogP contribution in [0.2, 0.25) is 0 Å². The highest BCUT2D eigenvalue weighted by Crippen LogP contribution is 2.20. The quantitative estimate of drug-likeness (QED) is 0.775. The van der Waals surface area contributed by atoms with Crippen LogP contribution in [0, 0.1) is 5.82 Å². The van der Waals surface area contributed by atoms with E-state index in [0.29, 0.717) is 18.4 Å². The number of hydrogen-bond donors (Lipinski definition) is 0. The lowest BCUT2D eigenvalue weighted by Gasteiger charge is -2.32. The molecule has 0 saturated carbocycles. The van der Waals surface area contributed by atoms with Gasteiger partial charge in [-0.3, -0.25) is 4.79 Å². The van der Waals surface area contributed by atoms with Crippen molar-refractivity contribution in [2.75, 3.05) is 20.2 Å². The third kappa shape index (κ3) is 3.79. The summed E-state index contributed by atoms with van der Waals surface area (Å²) in [6.07, 6.45) is 4.70. The first-order valence-corrected chi connectivity index (χ1v) is 7.21. The molecule has 0 spiro atoms. The fourth-order valence-electron chi connectivity index (χ4n) is 2.69. The summed E-state index contributed by atoms with van der Waals surface area (Å²) in [5, 5.41) is 0. The largest absolute Gasteiger partial charge is 0.493 e. The zero-order chi connectivity index (χ0) is 14.5. The molecular formula is C16H22FNO2. The van der Waals surface area contributed by atoms with Crippen molar-refractivity contribution in [3.8, 4) is 5.75 Å². The number of hydrogen-bond acceptors (Lipinski definition) is 3. The number of benzene rings is 1.